The van der Waals surface area contributed by atoms with Gasteiger partial charge in [-0.2, -0.15) is 9.97 Å². The van der Waals surface area contributed by atoms with E-state index in [-0.39, 0.29) is 0 Å². The summed E-state index contributed by atoms with van der Waals surface area (Å²) in [5.74, 6) is 1.79. The van der Waals surface area contributed by atoms with Gasteiger partial charge in [0.2, 0.25) is 5.95 Å². The monoisotopic (exact) mass is 834 g/mol. The fraction of sp³-hybridized carbons (Fsp3) is 0. The summed E-state index contributed by atoms with van der Waals surface area (Å²) in [6.45, 7) is 0. The molecule has 0 saturated carbocycles. The van der Waals surface area contributed by atoms with Crippen molar-refractivity contribution < 1.29 is 0 Å². The van der Waals surface area contributed by atoms with Crippen LogP contribution in [0.15, 0.2) is 206 Å². The van der Waals surface area contributed by atoms with Crippen LogP contribution >= 0.6 is 11.3 Å². The van der Waals surface area contributed by atoms with E-state index in [1.54, 1.807) is 11.3 Å². The fourth-order valence-corrected chi connectivity index (χ4v) is 11.3. The number of thiophene rings is 1. The normalized spacial score (nSPS) is 12.1. The molecule has 298 valence electrons. The highest BCUT2D eigenvalue weighted by Crippen LogP contribution is 2.43. The molecule has 5 heterocycles. The van der Waals surface area contributed by atoms with E-state index in [0.29, 0.717) is 17.6 Å². The van der Waals surface area contributed by atoms with Crippen molar-refractivity contribution in [3.63, 3.8) is 0 Å². The molecule has 9 aromatic carbocycles. The number of hydrogen-bond donors (Lipinski definition) is 0. The maximum absolute atomic E-state index is 5.45. The molecule has 14 rings (SSSR count). The zero-order valence-electron chi connectivity index (χ0n) is 34.2. The first-order valence-corrected chi connectivity index (χ1v) is 22.3. The Morgan fingerprint density at radius 1 is 0.312 bits per heavy atom. The van der Waals surface area contributed by atoms with Gasteiger partial charge in [-0.05, 0) is 54.6 Å². The van der Waals surface area contributed by atoms with Gasteiger partial charge in [0.25, 0.3) is 0 Å². The van der Waals surface area contributed by atoms with Crippen molar-refractivity contribution in [2.75, 3.05) is 0 Å². The molecule has 7 heteroatoms. The third-order valence-corrected chi connectivity index (χ3v) is 14.0. The summed E-state index contributed by atoms with van der Waals surface area (Å²) in [5, 5.41) is 9.56. The van der Waals surface area contributed by atoms with E-state index in [0.717, 1.165) is 66.4 Å². The van der Waals surface area contributed by atoms with Gasteiger partial charge < -0.3 is 9.13 Å². The molecule has 0 unspecified atom stereocenters. The maximum Gasteiger partial charge on any atom is 0.238 e. The van der Waals surface area contributed by atoms with Gasteiger partial charge in [-0.25, -0.2) is 4.98 Å². The van der Waals surface area contributed by atoms with Crippen molar-refractivity contribution in [2.24, 2.45) is 0 Å². The number of nitrogens with zero attached hydrogens (tertiary/aromatic N) is 6. The van der Waals surface area contributed by atoms with E-state index in [1.165, 1.54) is 41.7 Å². The second-order valence-corrected chi connectivity index (χ2v) is 17.5. The minimum Gasteiger partial charge on any atom is -0.309 e. The molecule has 64 heavy (non-hydrogen) atoms. The lowest BCUT2D eigenvalue weighted by atomic mass is 10.1. The standard InChI is InChI=1S/C57H34N6S/c1-2-16-35(17-3-1)55-58-56(36-30-31-43-42-22-9-15-29-52(42)64-53(43)32-36)60-57(59-55)63-49-28-14-8-23-44(49)54-50(62-47-26-12-6-20-40(47)41-21-7-13-27-48(41)62)33-37(34-51(54)63)61-45-24-10-4-18-38(45)39-19-5-11-25-46(39)61/h1-34H. The number of aromatic nitrogens is 6. The number of hydrogen-bond acceptors (Lipinski definition) is 4. The summed E-state index contributed by atoms with van der Waals surface area (Å²) in [6.07, 6.45) is 0. The van der Waals surface area contributed by atoms with E-state index in [1.807, 2.05) is 18.2 Å². The molecule has 0 bridgehead atoms. The largest absolute Gasteiger partial charge is 0.309 e. The van der Waals surface area contributed by atoms with Gasteiger partial charge in [-0.15, -0.1) is 11.3 Å². The average molecular weight is 835 g/mol. The summed E-state index contributed by atoms with van der Waals surface area (Å²) >= 11 is 1.80. The Kier molecular flexibility index (Phi) is 7.46. The summed E-state index contributed by atoms with van der Waals surface area (Å²) in [6, 6.07) is 73.8. The molecule has 0 N–H and O–H groups in total. The Morgan fingerprint density at radius 3 is 1.42 bits per heavy atom. The molecule has 0 aliphatic carbocycles. The van der Waals surface area contributed by atoms with Gasteiger partial charge in [0.15, 0.2) is 11.6 Å². The zero-order chi connectivity index (χ0) is 41.9. The van der Waals surface area contributed by atoms with Gasteiger partial charge in [-0.3, -0.25) is 4.57 Å². The first kappa shape index (κ1) is 35.2. The first-order valence-electron chi connectivity index (χ1n) is 21.5. The number of rotatable bonds is 5. The number of para-hydroxylation sites is 5. The van der Waals surface area contributed by atoms with Crippen molar-refractivity contribution in [1.29, 1.82) is 0 Å². The minimum atomic E-state index is 0.555. The second-order valence-electron chi connectivity index (χ2n) is 16.4. The van der Waals surface area contributed by atoms with Crippen molar-refractivity contribution in [3.8, 4) is 40.1 Å². The number of fused-ring (bicyclic) bond motifs is 12. The molecule has 0 radical (unpaired) electrons. The predicted molar refractivity (Wildman–Crippen MR) is 267 cm³/mol. The number of benzene rings is 9. The quantitative estimate of drug-likeness (QED) is 0.174. The average Bonchev–Trinajstić information content (AvgIpc) is 4.10. The summed E-state index contributed by atoms with van der Waals surface area (Å²) in [7, 11) is 0. The van der Waals surface area contributed by atoms with Crippen LogP contribution in [-0.2, 0) is 0 Å². The Bertz CT molecular complexity index is 4100. The molecule has 14 aromatic rings. The molecule has 0 fully saturated rings. The van der Waals surface area contributed by atoms with Crippen LogP contribution in [0.5, 0.6) is 0 Å². The SMILES string of the molecule is c1ccc(-c2nc(-c3ccc4c(c3)sc3ccccc34)nc(-n3c4ccccc4c4c(-n5c6ccccc6c6ccccc65)cc(-n5c6ccccc6c6ccccc65)cc43)n2)cc1. The Labute approximate surface area is 370 Å². The molecule has 5 aromatic heterocycles. The van der Waals surface area contributed by atoms with Gasteiger partial charge in [-0.1, -0.05) is 152 Å². The molecule has 0 atom stereocenters. The van der Waals surface area contributed by atoms with Crippen molar-refractivity contribution in [1.82, 2.24) is 28.7 Å². The van der Waals surface area contributed by atoms with Crippen LogP contribution in [0.3, 0.4) is 0 Å². The van der Waals surface area contributed by atoms with Gasteiger partial charge in [0.05, 0.1) is 44.5 Å². The lowest BCUT2D eigenvalue weighted by Gasteiger charge is -2.16. The lowest BCUT2D eigenvalue weighted by molar-refractivity contribution is 0.953. The van der Waals surface area contributed by atoms with Crippen LogP contribution in [0.1, 0.15) is 0 Å². The zero-order valence-corrected chi connectivity index (χ0v) is 35.0. The summed E-state index contributed by atoms with van der Waals surface area (Å²) in [4.78, 5) is 16.1. The van der Waals surface area contributed by atoms with E-state index >= 15 is 0 Å². The summed E-state index contributed by atoms with van der Waals surface area (Å²) < 4.78 is 9.59. The topological polar surface area (TPSA) is 53.5 Å². The highest BCUT2D eigenvalue weighted by atomic mass is 32.1. The lowest BCUT2D eigenvalue weighted by Crippen LogP contribution is -2.07. The van der Waals surface area contributed by atoms with Crippen LogP contribution in [0.4, 0.5) is 0 Å². The van der Waals surface area contributed by atoms with E-state index < -0.39 is 0 Å². The second kappa shape index (κ2) is 13.6. The smallest absolute Gasteiger partial charge is 0.238 e. The Balaban J connectivity index is 1.13. The van der Waals surface area contributed by atoms with E-state index in [2.05, 4.69) is 202 Å². The Hall–Kier alpha value is -8.39. The van der Waals surface area contributed by atoms with Crippen molar-refractivity contribution in [2.45, 2.75) is 0 Å². The third kappa shape index (κ3) is 5.10. The highest BCUT2D eigenvalue weighted by Gasteiger charge is 2.25. The molecular weight excluding hydrogens is 801 g/mol. The van der Waals surface area contributed by atoms with Gasteiger partial charge in [0, 0.05) is 63.6 Å². The maximum atomic E-state index is 5.45. The van der Waals surface area contributed by atoms with E-state index in [4.69, 9.17) is 15.0 Å². The molecule has 0 spiro atoms. The molecule has 6 nitrogen and oxygen atoms in total. The molecule has 0 aliphatic heterocycles. The summed E-state index contributed by atoms with van der Waals surface area (Å²) in [5.41, 5.74) is 10.6. The van der Waals surface area contributed by atoms with Crippen LogP contribution < -0.4 is 0 Å². The van der Waals surface area contributed by atoms with Crippen LogP contribution in [-0.4, -0.2) is 28.7 Å². The predicted octanol–water partition coefficient (Wildman–Crippen LogP) is 14.9. The fourth-order valence-electron chi connectivity index (χ4n) is 10.1. The Morgan fingerprint density at radius 2 is 0.797 bits per heavy atom. The van der Waals surface area contributed by atoms with Crippen molar-refractivity contribution >= 4 is 96.9 Å². The van der Waals surface area contributed by atoms with E-state index in [9.17, 15) is 0 Å². The van der Waals surface area contributed by atoms with Crippen LogP contribution in [0.25, 0.3) is 126 Å². The molecular formula is C57H34N6S. The molecule has 0 saturated heterocycles. The molecule has 0 amide bonds. The van der Waals surface area contributed by atoms with Crippen molar-refractivity contribution in [3.05, 3.63) is 206 Å². The molecule has 0 aliphatic rings. The third-order valence-electron chi connectivity index (χ3n) is 12.9. The van der Waals surface area contributed by atoms with Crippen LogP contribution in [0, 0.1) is 0 Å². The van der Waals surface area contributed by atoms with Crippen LogP contribution in [0.2, 0.25) is 0 Å². The van der Waals surface area contributed by atoms with Gasteiger partial charge >= 0.3 is 0 Å². The first-order chi connectivity index (χ1) is 31.7. The minimum absolute atomic E-state index is 0.555. The van der Waals surface area contributed by atoms with Gasteiger partial charge in [0.1, 0.15) is 0 Å². The highest BCUT2D eigenvalue weighted by molar-refractivity contribution is 7.25.